The number of halogens is 2. The van der Waals surface area contributed by atoms with E-state index in [0.717, 1.165) is 30.8 Å². The normalized spacial score (nSPS) is 15.3. The summed E-state index contributed by atoms with van der Waals surface area (Å²) in [4.78, 5) is 8.33. The number of hydrogen-bond acceptors (Lipinski definition) is 4. The van der Waals surface area contributed by atoms with Gasteiger partial charge in [0.25, 0.3) is 0 Å². The van der Waals surface area contributed by atoms with Crippen LogP contribution in [0, 0.1) is 11.6 Å². The van der Waals surface area contributed by atoms with Crippen molar-refractivity contribution in [3.63, 3.8) is 0 Å². The fraction of sp³-hybridized carbons (Fsp3) is 0.500. The Labute approximate surface area is 157 Å². The average molecular weight is 377 g/mol. The Balaban J connectivity index is 1.52. The lowest BCUT2D eigenvalue weighted by Crippen LogP contribution is -2.53. The second kappa shape index (κ2) is 8.79. The molecule has 0 saturated carbocycles. The zero-order valence-electron chi connectivity index (χ0n) is 15.7. The van der Waals surface area contributed by atoms with Crippen LogP contribution in [0.15, 0.2) is 29.5 Å². The molecule has 0 bridgehead atoms. The van der Waals surface area contributed by atoms with Crippen LogP contribution in [0.2, 0.25) is 0 Å². The van der Waals surface area contributed by atoms with Gasteiger partial charge in [0.05, 0.1) is 5.69 Å². The highest BCUT2D eigenvalue weighted by atomic mass is 19.1. The molecule has 1 aliphatic heterocycles. The predicted octanol–water partition coefficient (Wildman–Crippen LogP) is 1.52. The van der Waals surface area contributed by atoms with Crippen LogP contribution in [0.25, 0.3) is 0 Å². The van der Waals surface area contributed by atoms with Crippen molar-refractivity contribution in [2.75, 3.05) is 44.7 Å². The molecule has 146 valence electrons. The molecule has 0 unspecified atom stereocenters. The van der Waals surface area contributed by atoms with Gasteiger partial charge in [-0.25, -0.2) is 8.78 Å². The summed E-state index contributed by atoms with van der Waals surface area (Å²) in [6.07, 6.45) is 2.57. The molecule has 0 atom stereocenters. The molecule has 9 heteroatoms. The summed E-state index contributed by atoms with van der Waals surface area (Å²) >= 11 is 0. The highest BCUT2D eigenvalue weighted by Gasteiger charge is 2.22. The minimum Gasteiger partial charge on any atom is -0.366 e. The van der Waals surface area contributed by atoms with Crippen LogP contribution in [0.3, 0.4) is 0 Å². The van der Waals surface area contributed by atoms with Crippen LogP contribution < -0.4 is 10.2 Å². The Bertz CT molecular complexity index is 782. The van der Waals surface area contributed by atoms with E-state index in [2.05, 4.69) is 25.4 Å². The number of aryl methyl sites for hydroxylation is 1. The third kappa shape index (κ3) is 4.53. The Morgan fingerprint density at radius 3 is 2.70 bits per heavy atom. The summed E-state index contributed by atoms with van der Waals surface area (Å²) in [5.41, 5.74) is 0.317. The molecule has 3 rings (SSSR count). The van der Waals surface area contributed by atoms with Gasteiger partial charge in [-0.05, 0) is 12.1 Å². The lowest BCUT2D eigenvalue weighted by Gasteiger charge is -2.37. The van der Waals surface area contributed by atoms with Crippen molar-refractivity contribution in [1.82, 2.24) is 25.0 Å². The van der Waals surface area contributed by atoms with Crippen LogP contribution in [-0.4, -0.2) is 65.4 Å². The van der Waals surface area contributed by atoms with Crippen molar-refractivity contribution in [2.24, 2.45) is 4.99 Å². The van der Waals surface area contributed by atoms with Crippen molar-refractivity contribution in [1.29, 1.82) is 0 Å². The molecule has 1 aliphatic rings. The largest absolute Gasteiger partial charge is 0.366 e. The fourth-order valence-electron chi connectivity index (χ4n) is 3.25. The van der Waals surface area contributed by atoms with Crippen LogP contribution in [0.5, 0.6) is 0 Å². The van der Waals surface area contributed by atoms with E-state index in [1.54, 1.807) is 13.4 Å². The quantitative estimate of drug-likeness (QED) is 0.632. The van der Waals surface area contributed by atoms with Gasteiger partial charge in [0.1, 0.15) is 23.8 Å². The van der Waals surface area contributed by atoms with Crippen molar-refractivity contribution in [3.8, 4) is 0 Å². The van der Waals surface area contributed by atoms with Crippen LogP contribution in [0.1, 0.15) is 12.7 Å². The van der Waals surface area contributed by atoms with E-state index in [0.29, 0.717) is 38.4 Å². The molecule has 1 saturated heterocycles. The zero-order valence-corrected chi connectivity index (χ0v) is 15.7. The summed E-state index contributed by atoms with van der Waals surface area (Å²) in [6, 6.07) is 3.57. The van der Waals surface area contributed by atoms with Gasteiger partial charge >= 0.3 is 0 Å². The molecule has 27 heavy (non-hydrogen) atoms. The number of benzene rings is 1. The number of aliphatic imine (C=N–C) groups is 1. The Hall–Kier alpha value is -2.71. The predicted molar refractivity (Wildman–Crippen MR) is 101 cm³/mol. The number of piperazine rings is 1. The van der Waals surface area contributed by atoms with Gasteiger partial charge in [0.2, 0.25) is 0 Å². The van der Waals surface area contributed by atoms with Gasteiger partial charge < -0.3 is 19.7 Å². The monoisotopic (exact) mass is 377 g/mol. The lowest BCUT2D eigenvalue weighted by atomic mass is 10.2. The topological polar surface area (TPSA) is 61.6 Å². The average Bonchev–Trinajstić information content (AvgIpc) is 3.15. The van der Waals surface area contributed by atoms with Crippen LogP contribution >= 0.6 is 0 Å². The van der Waals surface area contributed by atoms with E-state index in [-0.39, 0.29) is 0 Å². The highest BCUT2D eigenvalue weighted by molar-refractivity contribution is 5.80. The van der Waals surface area contributed by atoms with Gasteiger partial charge in [0.15, 0.2) is 5.96 Å². The number of guanidine groups is 1. The highest BCUT2D eigenvalue weighted by Crippen LogP contribution is 2.21. The third-order valence-corrected chi connectivity index (χ3v) is 4.69. The number of nitrogens with one attached hydrogen (secondary N) is 1. The fourth-order valence-corrected chi connectivity index (χ4v) is 3.25. The molecule has 0 radical (unpaired) electrons. The van der Waals surface area contributed by atoms with Crippen LogP contribution in [-0.2, 0) is 13.0 Å². The summed E-state index contributed by atoms with van der Waals surface area (Å²) in [7, 11) is 1.75. The van der Waals surface area contributed by atoms with Crippen molar-refractivity contribution < 1.29 is 8.78 Å². The SMILES string of the molecule is CCc1nncn1CCNC(=NC)N1CCN(c2cc(F)ccc2F)CC1. The summed E-state index contributed by atoms with van der Waals surface area (Å²) in [5.74, 6) is 0.942. The minimum absolute atomic E-state index is 0.317. The molecule has 0 spiro atoms. The molecule has 1 fully saturated rings. The molecule has 1 N–H and O–H groups in total. The Morgan fingerprint density at radius 1 is 1.22 bits per heavy atom. The smallest absolute Gasteiger partial charge is 0.193 e. The van der Waals surface area contributed by atoms with Crippen molar-refractivity contribution in [3.05, 3.63) is 42.0 Å². The van der Waals surface area contributed by atoms with Gasteiger partial charge in [-0.2, -0.15) is 0 Å². The first-order valence-electron chi connectivity index (χ1n) is 9.14. The standard InChI is InChI=1S/C18H25F2N7/c1-3-17-24-23-13-27(17)7-6-22-18(21-2)26-10-8-25(9-11-26)16-12-14(19)4-5-15(16)20/h4-5,12-13H,3,6-11H2,1-2H3,(H,21,22). The molecule has 2 heterocycles. The molecule has 2 aromatic rings. The van der Waals surface area contributed by atoms with Gasteiger partial charge in [-0.3, -0.25) is 4.99 Å². The number of rotatable bonds is 5. The maximum Gasteiger partial charge on any atom is 0.193 e. The van der Waals surface area contributed by atoms with Crippen LogP contribution in [0.4, 0.5) is 14.5 Å². The van der Waals surface area contributed by atoms with Crippen molar-refractivity contribution >= 4 is 11.6 Å². The molecule has 1 aromatic heterocycles. The third-order valence-electron chi connectivity index (χ3n) is 4.69. The second-order valence-electron chi connectivity index (χ2n) is 6.34. The minimum atomic E-state index is -0.424. The number of anilines is 1. The molecule has 0 aliphatic carbocycles. The summed E-state index contributed by atoms with van der Waals surface area (Å²) < 4.78 is 29.4. The van der Waals surface area contributed by atoms with E-state index in [1.807, 2.05) is 16.4 Å². The lowest BCUT2D eigenvalue weighted by molar-refractivity contribution is 0.369. The van der Waals surface area contributed by atoms with E-state index in [4.69, 9.17) is 0 Å². The number of nitrogens with zero attached hydrogens (tertiary/aromatic N) is 6. The van der Waals surface area contributed by atoms with Gasteiger partial charge in [0, 0.05) is 58.8 Å². The first-order chi connectivity index (χ1) is 13.1. The summed E-state index contributed by atoms with van der Waals surface area (Å²) in [6.45, 7) is 6.08. The molecular weight excluding hydrogens is 352 g/mol. The van der Waals surface area contributed by atoms with Gasteiger partial charge in [-0.15, -0.1) is 10.2 Å². The molecular formula is C18H25F2N7. The Kier molecular flexibility index (Phi) is 6.20. The maximum atomic E-state index is 14.0. The summed E-state index contributed by atoms with van der Waals surface area (Å²) in [5, 5.41) is 11.4. The van der Waals surface area contributed by atoms with Crippen molar-refractivity contribution in [2.45, 2.75) is 19.9 Å². The Morgan fingerprint density at radius 2 is 2.00 bits per heavy atom. The molecule has 0 amide bonds. The van der Waals surface area contributed by atoms with E-state index in [9.17, 15) is 8.78 Å². The van der Waals surface area contributed by atoms with Gasteiger partial charge in [-0.1, -0.05) is 6.92 Å². The second-order valence-corrected chi connectivity index (χ2v) is 6.34. The van der Waals surface area contributed by atoms with E-state index < -0.39 is 11.6 Å². The molecule has 7 nitrogen and oxygen atoms in total. The van der Waals surface area contributed by atoms with E-state index in [1.165, 1.54) is 12.1 Å². The number of aromatic nitrogens is 3. The first-order valence-corrected chi connectivity index (χ1v) is 9.14. The molecule has 1 aromatic carbocycles. The maximum absolute atomic E-state index is 14.0. The van der Waals surface area contributed by atoms with E-state index >= 15 is 0 Å². The number of hydrogen-bond donors (Lipinski definition) is 1. The first kappa shape index (κ1) is 19.1. The zero-order chi connectivity index (χ0) is 19.2.